The second kappa shape index (κ2) is 9.97. The summed E-state index contributed by atoms with van der Waals surface area (Å²) in [7, 11) is 0. The molecule has 4 nitrogen and oxygen atoms in total. The summed E-state index contributed by atoms with van der Waals surface area (Å²) in [5.41, 5.74) is 3.50. The van der Waals surface area contributed by atoms with E-state index in [-0.39, 0.29) is 5.57 Å². The van der Waals surface area contributed by atoms with E-state index in [0.717, 1.165) is 16.5 Å². The number of fused-ring (bicyclic) bond motifs is 1. The zero-order chi connectivity index (χ0) is 24.0. The number of furan rings is 1. The summed E-state index contributed by atoms with van der Waals surface area (Å²) >= 11 is 1.71. The summed E-state index contributed by atoms with van der Waals surface area (Å²) < 4.78 is 11.8. The van der Waals surface area contributed by atoms with Crippen LogP contribution in [0.25, 0.3) is 33.6 Å². The highest BCUT2D eigenvalue weighted by Gasteiger charge is 2.12. The minimum absolute atomic E-state index is 0.0223. The van der Waals surface area contributed by atoms with Gasteiger partial charge in [-0.2, -0.15) is 10.5 Å². The van der Waals surface area contributed by atoms with Crippen LogP contribution in [-0.2, 0) is 4.74 Å². The van der Waals surface area contributed by atoms with Crippen LogP contribution in [-0.4, -0.2) is 0 Å². The van der Waals surface area contributed by atoms with Crippen LogP contribution < -0.4 is 0 Å². The Labute approximate surface area is 206 Å². The summed E-state index contributed by atoms with van der Waals surface area (Å²) in [5.74, 6) is 1.70. The van der Waals surface area contributed by atoms with Crippen LogP contribution in [0.15, 0.2) is 123 Å². The molecule has 5 rings (SSSR count). The van der Waals surface area contributed by atoms with Gasteiger partial charge in [-0.25, -0.2) is 0 Å². The van der Waals surface area contributed by atoms with Crippen molar-refractivity contribution in [2.24, 2.45) is 0 Å². The maximum Gasteiger partial charge on any atom is 0.137 e. The van der Waals surface area contributed by atoms with Gasteiger partial charge in [0.2, 0.25) is 0 Å². The molecule has 1 aliphatic heterocycles. The van der Waals surface area contributed by atoms with Crippen molar-refractivity contribution in [2.75, 3.05) is 0 Å². The third-order valence-electron chi connectivity index (χ3n) is 5.36. The predicted molar refractivity (Wildman–Crippen MR) is 140 cm³/mol. The molecular formula is C30H18N2O2S. The summed E-state index contributed by atoms with van der Waals surface area (Å²) in [6.45, 7) is 0. The lowest BCUT2D eigenvalue weighted by molar-refractivity contribution is 0.332. The van der Waals surface area contributed by atoms with Crippen molar-refractivity contribution in [3.05, 3.63) is 130 Å². The summed E-state index contributed by atoms with van der Waals surface area (Å²) in [5, 5.41) is 21.8. The van der Waals surface area contributed by atoms with E-state index in [1.165, 1.54) is 10.4 Å². The van der Waals surface area contributed by atoms with Crippen LogP contribution in [0.5, 0.6) is 0 Å². The second-order valence-electron chi connectivity index (χ2n) is 7.70. The number of ether oxygens (including phenoxy) is 1. The molecule has 0 saturated heterocycles. The van der Waals surface area contributed by atoms with Gasteiger partial charge in [0, 0.05) is 15.8 Å². The van der Waals surface area contributed by atoms with E-state index in [0.29, 0.717) is 22.9 Å². The molecule has 0 bridgehead atoms. The highest BCUT2D eigenvalue weighted by Crippen LogP contribution is 2.27. The van der Waals surface area contributed by atoms with Gasteiger partial charge in [-0.1, -0.05) is 54.6 Å². The number of hydrogen-bond donors (Lipinski definition) is 0. The number of nitrogens with zero attached hydrogens (tertiary/aromatic N) is 2. The Balaban J connectivity index is 1.39. The van der Waals surface area contributed by atoms with Crippen LogP contribution in [0.2, 0.25) is 0 Å². The van der Waals surface area contributed by atoms with Crippen molar-refractivity contribution < 1.29 is 9.15 Å². The average Bonchev–Trinajstić information content (AvgIpc) is 3.57. The summed E-state index contributed by atoms with van der Waals surface area (Å²) in [6.07, 6.45) is 10.7. The highest BCUT2D eigenvalue weighted by atomic mass is 32.1. The lowest BCUT2D eigenvalue weighted by Gasteiger charge is -2.14. The van der Waals surface area contributed by atoms with E-state index in [9.17, 15) is 10.5 Å². The molecule has 0 saturated carbocycles. The topological polar surface area (TPSA) is 70.0 Å². The molecular weight excluding hydrogens is 452 g/mol. The van der Waals surface area contributed by atoms with Crippen molar-refractivity contribution in [1.29, 1.82) is 10.5 Å². The minimum Gasteiger partial charge on any atom is -0.457 e. The first-order chi connectivity index (χ1) is 17.2. The van der Waals surface area contributed by atoms with Crippen molar-refractivity contribution in [3.63, 3.8) is 0 Å². The van der Waals surface area contributed by atoms with Gasteiger partial charge in [-0.3, -0.25) is 0 Å². The molecule has 4 aromatic rings. The Kier molecular flexibility index (Phi) is 6.26. The van der Waals surface area contributed by atoms with Gasteiger partial charge in [0.1, 0.15) is 40.6 Å². The van der Waals surface area contributed by atoms with Crippen LogP contribution in [0.1, 0.15) is 11.3 Å². The van der Waals surface area contributed by atoms with Gasteiger partial charge in [0.25, 0.3) is 0 Å². The fraction of sp³-hybridized carbons (Fsp3) is 0. The number of para-hydroxylation sites is 1. The Morgan fingerprint density at radius 1 is 0.800 bits per heavy atom. The maximum absolute atomic E-state index is 9.37. The quantitative estimate of drug-likeness (QED) is 0.277. The monoisotopic (exact) mass is 470 g/mol. The zero-order valence-corrected chi connectivity index (χ0v) is 19.3. The maximum atomic E-state index is 9.37. The fourth-order valence-electron chi connectivity index (χ4n) is 3.63. The number of benzene rings is 2. The Morgan fingerprint density at radius 2 is 1.54 bits per heavy atom. The lowest BCUT2D eigenvalue weighted by Crippen LogP contribution is -1.98. The third-order valence-corrected chi connectivity index (χ3v) is 6.28. The van der Waals surface area contributed by atoms with Crippen LogP contribution in [0.3, 0.4) is 0 Å². The molecule has 0 amide bonds. The van der Waals surface area contributed by atoms with Gasteiger partial charge < -0.3 is 9.15 Å². The van der Waals surface area contributed by atoms with Gasteiger partial charge >= 0.3 is 0 Å². The number of allylic oxidation sites excluding steroid dienone is 6. The molecule has 2 aromatic heterocycles. The van der Waals surface area contributed by atoms with Crippen LogP contribution >= 0.6 is 11.3 Å². The number of hydrogen-bond acceptors (Lipinski definition) is 5. The molecule has 0 unspecified atom stereocenters. The first kappa shape index (κ1) is 22.0. The van der Waals surface area contributed by atoms with E-state index in [1.54, 1.807) is 35.6 Å². The highest BCUT2D eigenvalue weighted by molar-refractivity contribution is 7.13. The molecule has 0 spiro atoms. The smallest absolute Gasteiger partial charge is 0.137 e. The van der Waals surface area contributed by atoms with Gasteiger partial charge in [0.05, 0.1) is 0 Å². The van der Waals surface area contributed by atoms with E-state index < -0.39 is 0 Å². The molecule has 35 heavy (non-hydrogen) atoms. The van der Waals surface area contributed by atoms with Crippen molar-refractivity contribution in [3.8, 4) is 22.6 Å². The van der Waals surface area contributed by atoms with Gasteiger partial charge in [-0.05, 0) is 65.1 Å². The Bertz CT molecular complexity index is 1570. The third kappa shape index (κ3) is 5.07. The van der Waals surface area contributed by atoms with Gasteiger partial charge in [0.15, 0.2) is 0 Å². The summed E-state index contributed by atoms with van der Waals surface area (Å²) in [4.78, 5) is 1.22. The van der Waals surface area contributed by atoms with E-state index in [4.69, 9.17) is 9.15 Å². The predicted octanol–water partition coefficient (Wildman–Crippen LogP) is 8.03. The SMILES string of the molecule is N#CC(C#N)=C1C=C(/C=C/c2ccc(-c3cccs3)cc2)OC(/C=C/c2cc3ccccc3o2)=C1. The molecule has 1 aliphatic rings. The lowest BCUT2D eigenvalue weighted by atomic mass is 10.1. The molecule has 0 radical (unpaired) electrons. The minimum atomic E-state index is 0.0223. The molecule has 2 aromatic carbocycles. The molecule has 0 N–H and O–H groups in total. The van der Waals surface area contributed by atoms with Crippen molar-refractivity contribution in [1.82, 2.24) is 0 Å². The first-order valence-electron chi connectivity index (χ1n) is 10.9. The summed E-state index contributed by atoms with van der Waals surface area (Å²) in [6, 6.07) is 26.0. The second-order valence-corrected chi connectivity index (χ2v) is 8.65. The number of thiophene rings is 1. The van der Waals surface area contributed by atoms with E-state index in [1.807, 2.05) is 72.8 Å². The fourth-order valence-corrected chi connectivity index (χ4v) is 4.37. The number of rotatable bonds is 5. The van der Waals surface area contributed by atoms with Crippen molar-refractivity contribution >= 4 is 34.5 Å². The average molecular weight is 471 g/mol. The van der Waals surface area contributed by atoms with Crippen LogP contribution in [0.4, 0.5) is 0 Å². The molecule has 3 heterocycles. The Morgan fingerprint density at radius 3 is 2.23 bits per heavy atom. The Hall–Kier alpha value is -4.84. The molecule has 166 valence electrons. The normalized spacial score (nSPS) is 13.4. The first-order valence-corrected chi connectivity index (χ1v) is 11.7. The zero-order valence-electron chi connectivity index (χ0n) is 18.5. The van der Waals surface area contributed by atoms with Gasteiger partial charge in [-0.15, -0.1) is 11.3 Å². The largest absolute Gasteiger partial charge is 0.457 e. The van der Waals surface area contributed by atoms with Crippen LogP contribution in [0, 0.1) is 22.7 Å². The van der Waals surface area contributed by atoms with Crippen molar-refractivity contribution in [2.45, 2.75) is 0 Å². The standard InChI is InChI=1S/C30H18N2O2S/c31-19-25(20-32)24-17-26(12-9-21-7-10-22(11-8-21)30-6-3-15-35-30)33-27(18-24)13-14-28-16-23-4-1-2-5-29(23)34-28/h1-18H/b12-9+,14-13+. The molecule has 5 heteroatoms. The van der Waals surface area contributed by atoms with E-state index in [2.05, 4.69) is 23.6 Å². The van der Waals surface area contributed by atoms with E-state index >= 15 is 0 Å². The molecule has 0 fully saturated rings. The molecule has 0 aliphatic carbocycles. The number of nitriles is 2. The molecule has 0 atom stereocenters.